The Morgan fingerprint density at radius 2 is 1.39 bits per heavy atom. The summed E-state index contributed by atoms with van der Waals surface area (Å²) in [6.07, 6.45) is 2.95. The van der Waals surface area contributed by atoms with Gasteiger partial charge in [0.25, 0.3) is 11.4 Å². The Balaban J connectivity index is 0.000000245. The first-order valence-corrected chi connectivity index (χ1v) is 9.09. The number of non-ortho nitro benzene ring substituents is 2. The summed E-state index contributed by atoms with van der Waals surface area (Å²) in [4.78, 5) is 23.8. The quantitative estimate of drug-likeness (QED) is 0.333. The highest BCUT2D eigenvalue weighted by atomic mass is 35.5. The number of halogens is 2. The molecular formula is C19H15Cl2N3O7. The monoisotopic (exact) mass is 467 g/mol. The SMILES string of the molecule is COc1cc([N+](=O)[O-])ccc1Cl.COc1cc([N+](=O)[O-])ccc1Oc1cncc(Cl)c1. The molecule has 0 amide bonds. The largest absolute Gasteiger partial charge is 0.495 e. The van der Waals surface area contributed by atoms with Crippen LogP contribution in [0.25, 0.3) is 0 Å². The Kier molecular flexibility index (Phi) is 8.35. The van der Waals surface area contributed by atoms with Crippen LogP contribution in [-0.2, 0) is 0 Å². The van der Waals surface area contributed by atoms with Gasteiger partial charge in [-0.25, -0.2) is 0 Å². The van der Waals surface area contributed by atoms with Crippen molar-refractivity contribution < 1.29 is 24.1 Å². The number of methoxy groups -OCH3 is 2. The number of hydrogen-bond acceptors (Lipinski definition) is 8. The van der Waals surface area contributed by atoms with Crippen molar-refractivity contribution >= 4 is 34.6 Å². The van der Waals surface area contributed by atoms with Crippen molar-refractivity contribution in [2.45, 2.75) is 0 Å². The van der Waals surface area contributed by atoms with Crippen molar-refractivity contribution in [3.63, 3.8) is 0 Å². The van der Waals surface area contributed by atoms with Gasteiger partial charge in [-0.2, -0.15) is 0 Å². The van der Waals surface area contributed by atoms with Crippen LogP contribution in [0, 0.1) is 20.2 Å². The normalized spacial score (nSPS) is 9.81. The molecular weight excluding hydrogens is 453 g/mol. The molecule has 31 heavy (non-hydrogen) atoms. The molecule has 3 rings (SSSR count). The van der Waals surface area contributed by atoms with E-state index in [-0.39, 0.29) is 17.1 Å². The second-order valence-corrected chi connectivity index (χ2v) is 6.45. The molecule has 3 aromatic rings. The molecule has 0 N–H and O–H groups in total. The summed E-state index contributed by atoms with van der Waals surface area (Å²) in [5, 5.41) is 21.7. The fourth-order valence-electron chi connectivity index (χ4n) is 2.19. The fraction of sp³-hybridized carbons (Fsp3) is 0.105. The van der Waals surface area contributed by atoms with E-state index in [0.717, 1.165) is 0 Å². The zero-order valence-electron chi connectivity index (χ0n) is 16.2. The first-order chi connectivity index (χ1) is 14.7. The van der Waals surface area contributed by atoms with E-state index in [2.05, 4.69) is 4.98 Å². The molecule has 0 aliphatic heterocycles. The highest BCUT2D eigenvalue weighted by molar-refractivity contribution is 6.32. The number of ether oxygens (including phenoxy) is 3. The maximum absolute atomic E-state index is 10.7. The van der Waals surface area contributed by atoms with Gasteiger partial charge in [0.05, 0.1) is 52.4 Å². The molecule has 0 aliphatic carbocycles. The van der Waals surface area contributed by atoms with Crippen molar-refractivity contribution in [1.29, 1.82) is 0 Å². The minimum atomic E-state index is -0.507. The molecule has 0 radical (unpaired) electrons. The third kappa shape index (κ3) is 6.69. The highest BCUT2D eigenvalue weighted by Crippen LogP contribution is 2.34. The van der Waals surface area contributed by atoms with Crippen molar-refractivity contribution in [3.8, 4) is 23.0 Å². The van der Waals surface area contributed by atoms with Gasteiger partial charge in [0.15, 0.2) is 11.5 Å². The van der Waals surface area contributed by atoms with Crippen molar-refractivity contribution in [3.05, 3.63) is 85.1 Å². The predicted molar refractivity (Wildman–Crippen MR) is 114 cm³/mol. The minimum Gasteiger partial charge on any atom is -0.495 e. The highest BCUT2D eigenvalue weighted by Gasteiger charge is 2.13. The molecule has 1 heterocycles. The van der Waals surface area contributed by atoms with Crippen LogP contribution in [0.2, 0.25) is 10.0 Å². The van der Waals surface area contributed by atoms with Crippen LogP contribution < -0.4 is 14.2 Å². The Bertz CT molecular complexity index is 1100. The average molecular weight is 468 g/mol. The first-order valence-electron chi connectivity index (χ1n) is 8.34. The van der Waals surface area contributed by atoms with Gasteiger partial charge >= 0.3 is 0 Å². The number of rotatable bonds is 6. The van der Waals surface area contributed by atoms with E-state index in [1.807, 2.05) is 0 Å². The van der Waals surface area contributed by atoms with Gasteiger partial charge in [0, 0.05) is 24.4 Å². The zero-order chi connectivity index (χ0) is 23.0. The van der Waals surface area contributed by atoms with Crippen molar-refractivity contribution in [2.75, 3.05) is 14.2 Å². The van der Waals surface area contributed by atoms with E-state index in [9.17, 15) is 20.2 Å². The molecule has 1 aromatic heterocycles. The summed E-state index contributed by atoms with van der Waals surface area (Å²) >= 11 is 11.4. The lowest BCUT2D eigenvalue weighted by atomic mass is 10.3. The molecule has 10 nitrogen and oxygen atoms in total. The van der Waals surface area contributed by atoms with Gasteiger partial charge in [-0.3, -0.25) is 25.2 Å². The zero-order valence-corrected chi connectivity index (χ0v) is 17.7. The lowest BCUT2D eigenvalue weighted by Gasteiger charge is -2.09. The summed E-state index contributed by atoms with van der Waals surface area (Å²) in [5.74, 6) is 1.33. The van der Waals surface area contributed by atoms with Crippen LogP contribution in [0.1, 0.15) is 0 Å². The number of nitro benzene ring substituents is 2. The maximum atomic E-state index is 10.7. The number of aromatic nitrogens is 1. The lowest BCUT2D eigenvalue weighted by molar-refractivity contribution is -0.385. The van der Waals surface area contributed by atoms with E-state index < -0.39 is 9.85 Å². The van der Waals surface area contributed by atoms with Gasteiger partial charge < -0.3 is 14.2 Å². The number of benzene rings is 2. The third-order valence-electron chi connectivity index (χ3n) is 3.61. The molecule has 12 heteroatoms. The molecule has 0 saturated heterocycles. The summed E-state index contributed by atoms with van der Waals surface area (Å²) in [7, 11) is 2.81. The number of pyridine rings is 1. The van der Waals surface area contributed by atoms with Crippen LogP contribution in [-0.4, -0.2) is 29.1 Å². The smallest absolute Gasteiger partial charge is 0.273 e. The Morgan fingerprint density at radius 3 is 1.94 bits per heavy atom. The maximum Gasteiger partial charge on any atom is 0.273 e. The Labute approximate surface area is 186 Å². The molecule has 0 unspecified atom stereocenters. The standard InChI is InChI=1S/C12H9ClN2O4.C7H6ClNO3/c1-18-12-5-9(15(16)17)2-3-11(12)19-10-4-8(13)6-14-7-10;1-12-7-4-5(9(10)11)2-3-6(7)8/h2-7H,1H3;2-4H,1H3. The van der Waals surface area contributed by atoms with Gasteiger partial charge in [0.2, 0.25) is 0 Å². The first kappa shape index (κ1) is 23.6. The Hall–Kier alpha value is -3.63. The summed E-state index contributed by atoms with van der Waals surface area (Å²) in [5.41, 5.74) is -0.107. The summed E-state index contributed by atoms with van der Waals surface area (Å²) < 4.78 is 15.4. The van der Waals surface area contributed by atoms with Crippen LogP contribution >= 0.6 is 23.2 Å². The second-order valence-electron chi connectivity index (χ2n) is 5.61. The molecule has 0 aliphatic rings. The topological polar surface area (TPSA) is 127 Å². The molecule has 0 atom stereocenters. The lowest BCUT2D eigenvalue weighted by Crippen LogP contribution is -1.93. The van der Waals surface area contributed by atoms with Crippen molar-refractivity contribution in [2.24, 2.45) is 0 Å². The van der Waals surface area contributed by atoms with Gasteiger partial charge in [-0.1, -0.05) is 23.2 Å². The average Bonchev–Trinajstić information content (AvgIpc) is 2.74. The third-order valence-corrected chi connectivity index (χ3v) is 4.13. The van der Waals surface area contributed by atoms with E-state index in [4.69, 9.17) is 37.4 Å². The number of nitrogens with zero attached hydrogens (tertiary/aromatic N) is 3. The van der Waals surface area contributed by atoms with Crippen LogP contribution in [0.4, 0.5) is 11.4 Å². The number of hydrogen-bond donors (Lipinski definition) is 0. The van der Waals surface area contributed by atoms with Gasteiger partial charge in [0.1, 0.15) is 11.5 Å². The van der Waals surface area contributed by atoms with E-state index in [1.165, 1.54) is 63.0 Å². The van der Waals surface area contributed by atoms with Crippen LogP contribution in [0.5, 0.6) is 23.0 Å². The van der Waals surface area contributed by atoms with E-state index >= 15 is 0 Å². The van der Waals surface area contributed by atoms with Crippen molar-refractivity contribution in [1.82, 2.24) is 4.98 Å². The molecule has 0 spiro atoms. The van der Waals surface area contributed by atoms with Crippen LogP contribution in [0.3, 0.4) is 0 Å². The van der Waals surface area contributed by atoms with Crippen LogP contribution in [0.15, 0.2) is 54.9 Å². The summed E-state index contributed by atoms with van der Waals surface area (Å²) in [6.45, 7) is 0. The molecule has 2 aromatic carbocycles. The number of nitro groups is 2. The van der Waals surface area contributed by atoms with Gasteiger partial charge in [-0.15, -0.1) is 0 Å². The predicted octanol–water partition coefficient (Wildman–Crippen LogP) is 5.70. The summed E-state index contributed by atoms with van der Waals surface area (Å²) in [6, 6.07) is 9.68. The molecule has 0 bridgehead atoms. The fourth-order valence-corrected chi connectivity index (χ4v) is 2.55. The van der Waals surface area contributed by atoms with Gasteiger partial charge in [-0.05, 0) is 12.1 Å². The van der Waals surface area contributed by atoms with E-state index in [1.54, 1.807) is 6.07 Å². The second kappa shape index (κ2) is 11.0. The van der Waals surface area contributed by atoms with E-state index in [0.29, 0.717) is 27.3 Å². The minimum absolute atomic E-state index is 0.0312. The molecule has 0 saturated carbocycles. The molecule has 162 valence electrons. The Morgan fingerprint density at radius 1 is 0.806 bits per heavy atom. The molecule has 0 fully saturated rings.